The molecule has 1 fully saturated rings. The van der Waals surface area contributed by atoms with Crippen LogP contribution in [-0.2, 0) is 0 Å². The molecule has 1 aromatic carbocycles. The lowest BCUT2D eigenvalue weighted by Crippen LogP contribution is -2.36. The molecule has 102 valence electrons. The molecule has 2 aliphatic heterocycles. The summed E-state index contributed by atoms with van der Waals surface area (Å²) in [6.45, 7) is 0.852. The van der Waals surface area contributed by atoms with E-state index >= 15 is 0 Å². The van der Waals surface area contributed by atoms with Crippen LogP contribution < -0.4 is 9.64 Å². The van der Waals surface area contributed by atoms with Gasteiger partial charge in [-0.2, -0.15) is 0 Å². The normalized spacial score (nSPS) is 22.2. The molecule has 0 bridgehead atoms. The Hall–Kier alpha value is -1.72. The summed E-state index contributed by atoms with van der Waals surface area (Å²) >= 11 is 0. The molecule has 1 atom stereocenters. The molecule has 0 amide bonds. The van der Waals surface area contributed by atoms with Crippen molar-refractivity contribution in [2.24, 2.45) is 0 Å². The van der Waals surface area contributed by atoms with Gasteiger partial charge in [-0.25, -0.2) is 0 Å². The number of carbonyl (C=O) groups is 1. The van der Waals surface area contributed by atoms with Gasteiger partial charge in [0, 0.05) is 30.3 Å². The fourth-order valence-electron chi connectivity index (χ4n) is 2.88. The van der Waals surface area contributed by atoms with Gasteiger partial charge in [0.1, 0.15) is 5.75 Å². The largest absolute Gasteiger partial charge is 0.573 e. The van der Waals surface area contributed by atoms with Gasteiger partial charge in [-0.05, 0) is 31.0 Å². The maximum absolute atomic E-state index is 12.2. The summed E-state index contributed by atoms with van der Waals surface area (Å²) in [5, 5.41) is 0. The Morgan fingerprint density at radius 3 is 2.84 bits per heavy atom. The third-order valence-corrected chi connectivity index (χ3v) is 3.61. The highest BCUT2D eigenvalue weighted by molar-refractivity contribution is 6.04. The summed E-state index contributed by atoms with van der Waals surface area (Å²) in [6, 6.07) is 4.21. The Morgan fingerprint density at radius 2 is 2.11 bits per heavy atom. The molecular weight excluding hydrogens is 259 g/mol. The number of fused-ring (bicyclic) bond motifs is 3. The first-order valence-electron chi connectivity index (χ1n) is 6.14. The summed E-state index contributed by atoms with van der Waals surface area (Å²) < 4.78 is 40.4. The van der Waals surface area contributed by atoms with E-state index in [0.29, 0.717) is 12.0 Å². The van der Waals surface area contributed by atoms with Crippen LogP contribution in [0.15, 0.2) is 18.2 Å². The zero-order chi connectivity index (χ0) is 13.6. The fourth-order valence-corrected chi connectivity index (χ4v) is 2.88. The summed E-state index contributed by atoms with van der Waals surface area (Å²) in [4.78, 5) is 14.1. The van der Waals surface area contributed by atoms with Gasteiger partial charge in [0.2, 0.25) is 0 Å². The second-order valence-corrected chi connectivity index (χ2v) is 4.84. The highest BCUT2D eigenvalue weighted by Gasteiger charge is 2.36. The topological polar surface area (TPSA) is 29.5 Å². The number of nitrogens with zero attached hydrogens (tertiary/aromatic N) is 1. The average Bonchev–Trinajstić information content (AvgIpc) is 2.75. The Bertz CT molecular complexity index is 527. The molecule has 0 N–H and O–H groups in total. The lowest BCUT2D eigenvalue weighted by Gasteiger charge is -2.32. The number of rotatable bonds is 1. The number of anilines is 1. The second kappa shape index (κ2) is 4.15. The molecule has 1 aromatic rings. The number of benzene rings is 1. The zero-order valence-electron chi connectivity index (χ0n) is 10.0. The minimum Gasteiger partial charge on any atom is -0.406 e. The molecule has 0 aliphatic carbocycles. The van der Waals surface area contributed by atoms with Gasteiger partial charge in [0.05, 0.1) is 0 Å². The minimum atomic E-state index is -4.73. The van der Waals surface area contributed by atoms with Crippen molar-refractivity contribution in [2.75, 3.05) is 11.4 Å². The average molecular weight is 271 g/mol. The molecule has 2 aliphatic rings. The van der Waals surface area contributed by atoms with Crippen molar-refractivity contribution in [2.45, 2.75) is 31.7 Å². The van der Waals surface area contributed by atoms with E-state index in [1.54, 1.807) is 6.07 Å². The van der Waals surface area contributed by atoms with Crippen molar-refractivity contribution in [3.05, 3.63) is 23.8 Å². The molecule has 0 aromatic heterocycles. The molecular formula is C13H12F3NO2. The van der Waals surface area contributed by atoms with Crippen LogP contribution in [0.2, 0.25) is 0 Å². The first-order valence-corrected chi connectivity index (χ1v) is 6.14. The van der Waals surface area contributed by atoms with Gasteiger partial charge in [0.25, 0.3) is 0 Å². The van der Waals surface area contributed by atoms with Gasteiger partial charge in [0.15, 0.2) is 5.78 Å². The number of carbonyl (C=O) groups excluding carboxylic acids is 1. The van der Waals surface area contributed by atoms with Crippen LogP contribution in [-0.4, -0.2) is 24.7 Å². The highest BCUT2D eigenvalue weighted by Crippen LogP contribution is 2.38. The second-order valence-electron chi connectivity index (χ2n) is 4.84. The molecule has 2 heterocycles. The Morgan fingerprint density at radius 1 is 1.32 bits per heavy atom. The third kappa shape index (κ3) is 2.27. The SMILES string of the molecule is O=C1CC2CCCN2c2ccc(OC(F)(F)F)cc21. The highest BCUT2D eigenvalue weighted by atomic mass is 19.4. The summed E-state index contributed by atoms with van der Waals surface area (Å²) in [6.07, 6.45) is -2.38. The lowest BCUT2D eigenvalue weighted by atomic mass is 9.95. The van der Waals surface area contributed by atoms with Gasteiger partial charge < -0.3 is 9.64 Å². The molecule has 19 heavy (non-hydrogen) atoms. The van der Waals surface area contributed by atoms with Crippen LogP contribution in [0.1, 0.15) is 29.6 Å². The number of hydrogen-bond donors (Lipinski definition) is 0. The van der Waals surface area contributed by atoms with E-state index < -0.39 is 6.36 Å². The maximum Gasteiger partial charge on any atom is 0.573 e. The number of alkyl halides is 3. The molecule has 6 heteroatoms. The Labute approximate surface area is 108 Å². The van der Waals surface area contributed by atoms with Crippen molar-refractivity contribution in [1.82, 2.24) is 0 Å². The molecule has 0 saturated carbocycles. The first-order chi connectivity index (χ1) is 8.94. The number of Topliss-reactive ketones (excluding diaryl/α,β-unsaturated/α-hetero) is 1. The maximum atomic E-state index is 12.2. The fraction of sp³-hybridized carbons (Fsp3) is 0.462. The van der Waals surface area contributed by atoms with Crippen LogP contribution in [0.3, 0.4) is 0 Å². The Balaban J connectivity index is 1.96. The summed E-state index contributed by atoms with van der Waals surface area (Å²) in [7, 11) is 0. The van der Waals surface area contributed by atoms with E-state index in [1.807, 2.05) is 0 Å². The van der Waals surface area contributed by atoms with Crippen molar-refractivity contribution >= 4 is 11.5 Å². The van der Waals surface area contributed by atoms with Crippen LogP contribution in [0.4, 0.5) is 18.9 Å². The van der Waals surface area contributed by atoms with E-state index in [4.69, 9.17) is 0 Å². The molecule has 0 spiro atoms. The van der Waals surface area contributed by atoms with Crippen molar-refractivity contribution in [3.8, 4) is 5.75 Å². The van der Waals surface area contributed by atoms with Crippen LogP contribution in [0.25, 0.3) is 0 Å². The van der Waals surface area contributed by atoms with Crippen LogP contribution in [0.5, 0.6) is 5.75 Å². The lowest BCUT2D eigenvalue weighted by molar-refractivity contribution is -0.274. The Kier molecular flexibility index (Phi) is 2.69. The first kappa shape index (κ1) is 12.3. The number of halogens is 3. The molecule has 1 saturated heterocycles. The standard InChI is InChI=1S/C13H12F3NO2/c14-13(15,16)19-9-3-4-11-10(7-9)12(18)6-8-2-1-5-17(8)11/h3-4,7-8H,1-2,5-6H2. The van der Waals surface area contributed by atoms with Gasteiger partial charge in [-0.3, -0.25) is 4.79 Å². The number of ether oxygens (including phenoxy) is 1. The quantitative estimate of drug-likeness (QED) is 0.786. The summed E-state index contributed by atoms with van der Waals surface area (Å²) in [5.41, 5.74) is 1.06. The smallest absolute Gasteiger partial charge is 0.406 e. The van der Waals surface area contributed by atoms with Crippen LogP contribution >= 0.6 is 0 Å². The van der Waals surface area contributed by atoms with Gasteiger partial charge in [-0.1, -0.05) is 0 Å². The minimum absolute atomic E-state index is 0.106. The number of ketones is 1. The predicted octanol–water partition coefficient (Wildman–Crippen LogP) is 3.14. The van der Waals surface area contributed by atoms with Gasteiger partial charge in [-0.15, -0.1) is 13.2 Å². The number of hydrogen-bond acceptors (Lipinski definition) is 3. The third-order valence-electron chi connectivity index (χ3n) is 3.61. The van der Waals surface area contributed by atoms with E-state index in [2.05, 4.69) is 9.64 Å². The molecule has 3 rings (SSSR count). The van der Waals surface area contributed by atoms with Gasteiger partial charge >= 0.3 is 6.36 Å². The molecule has 0 radical (unpaired) electrons. The van der Waals surface area contributed by atoms with E-state index in [-0.39, 0.29) is 17.6 Å². The van der Waals surface area contributed by atoms with Crippen molar-refractivity contribution in [1.29, 1.82) is 0 Å². The molecule has 1 unspecified atom stereocenters. The molecule has 3 nitrogen and oxygen atoms in total. The van der Waals surface area contributed by atoms with Crippen LogP contribution in [0, 0.1) is 0 Å². The van der Waals surface area contributed by atoms with Crippen molar-refractivity contribution in [3.63, 3.8) is 0 Å². The van der Waals surface area contributed by atoms with E-state index in [1.165, 1.54) is 12.1 Å². The van der Waals surface area contributed by atoms with E-state index in [0.717, 1.165) is 25.1 Å². The summed E-state index contributed by atoms with van der Waals surface area (Å²) in [5.74, 6) is -0.442. The van der Waals surface area contributed by atoms with Crippen molar-refractivity contribution < 1.29 is 22.7 Å². The monoisotopic (exact) mass is 271 g/mol. The predicted molar refractivity (Wildman–Crippen MR) is 62.4 cm³/mol. The zero-order valence-corrected chi connectivity index (χ0v) is 10.0. The van der Waals surface area contributed by atoms with E-state index in [9.17, 15) is 18.0 Å².